The van der Waals surface area contributed by atoms with Crippen molar-refractivity contribution in [2.24, 2.45) is 5.73 Å². The SMILES string of the molecule is Cl.Cl.NCCC(=O)NCc1ccccc1Cn1ccnc1. The van der Waals surface area contributed by atoms with Crippen molar-refractivity contribution >= 4 is 30.7 Å². The van der Waals surface area contributed by atoms with Crippen LogP contribution in [0.2, 0.25) is 0 Å². The molecule has 2 rings (SSSR count). The Hall–Kier alpha value is -1.56. The van der Waals surface area contributed by atoms with Crippen molar-refractivity contribution in [3.63, 3.8) is 0 Å². The molecule has 0 aliphatic rings. The van der Waals surface area contributed by atoms with Crippen molar-refractivity contribution in [3.8, 4) is 0 Å². The van der Waals surface area contributed by atoms with Gasteiger partial charge in [0.2, 0.25) is 5.91 Å². The molecule has 21 heavy (non-hydrogen) atoms. The van der Waals surface area contributed by atoms with Crippen LogP contribution in [0.25, 0.3) is 0 Å². The second-order valence-electron chi connectivity index (χ2n) is 4.32. The molecule has 0 aliphatic carbocycles. The van der Waals surface area contributed by atoms with Crippen LogP contribution >= 0.6 is 24.8 Å². The number of hydrogen-bond acceptors (Lipinski definition) is 3. The second-order valence-corrected chi connectivity index (χ2v) is 4.32. The van der Waals surface area contributed by atoms with Crippen LogP contribution in [-0.2, 0) is 17.9 Å². The van der Waals surface area contributed by atoms with Gasteiger partial charge in [-0.3, -0.25) is 4.79 Å². The maximum absolute atomic E-state index is 11.4. The van der Waals surface area contributed by atoms with Crippen LogP contribution in [0.3, 0.4) is 0 Å². The summed E-state index contributed by atoms with van der Waals surface area (Å²) in [4.78, 5) is 15.5. The summed E-state index contributed by atoms with van der Waals surface area (Å²) in [5.41, 5.74) is 7.63. The third-order valence-corrected chi connectivity index (χ3v) is 2.88. The molecule has 1 heterocycles. The van der Waals surface area contributed by atoms with Crippen LogP contribution in [0.5, 0.6) is 0 Å². The summed E-state index contributed by atoms with van der Waals surface area (Å²) < 4.78 is 2.00. The lowest BCUT2D eigenvalue weighted by molar-refractivity contribution is -0.121. The first kappa shape index (κ1) is 19.4. The van der Waals surface area contributed by atoms with Gasteiger partial charge in [-0.15, -0.1) is 24.8 Å². The number of hydrogen-bond donors (Lipinski definition) is 2. The van der Waals surface area contributed by atoms with Crippen LogP contribution in [0.15, 0.2) is 43.0 Å². The predicted molar refractivity (Wildman–Crippen MR) is 87.8 cm³/mol. The lowest BCUT2D eigenvalue weighted by Crippen LogP contribution is -2.25. The quantitative estimate of drug-likeness (QED) is 0.847. The van der Waals surface area contributed by atoms with E-state index in [0.717, 1.165) is 12.1 Å². The molecule has 0 bridgehead atoms. The Kier molecular flexibility index (Phi) is 9.45. The van der Waals surface area contributed by atoms with Gasteiger partial charge >= 0.3 is 0 Å². The maximum Gasteiger partial charge on any atom is 0.221 e. The fraction of sp³-hybridized carbons (Fsp3) is 0.286. The van der Waals surface area contributed by atoms with E-state index in [9.17, 15) is 4.79 Å². The number of carbonyl (C=O) groups is 1. The molecule has 0 atom stereocenters. The number of amides is 1. The first-order chi connectivity index (χ1) is 9.29. The molecular weight excluding hydrogens is 311 g/mol. The zero-order valence-corrected chi connectivity index (χ0v) is 13.2. The van der Waals surface area contributed by atoms with Gasteiger partial charge in [0.05, 0.1) is 6.33 Å². The summed E-state index contributed by atoms with van der Waals surface area (Å²) in [6.07, 6.45) is 5.82. The Morgan fingerprint density at radius 2 is 1.95 bits per heavy atom. The molecule has 0 aliphatic heterocycles. The molecule has 0 radical (unpaired) electrons. The number of rotatable bonds is 6. The predicted octanol–water partition coefficient (Wildman–Crippen LogP) is 1.74. The number of nitrogens with zero attached hydrogens (tertiary/aromatic N) is 2. The van der Waals surface area contributed by atoms with Crippen molar-refractivity contribution in [1.29, 1.82) is 0 Å². The molecule has 0 unspecified atom stereocenters. The number of aromatic nitrogens is 2. The van der Waals surface area contributed by atoms with Crippen LogP contribution in [0, 0.1) is 0 Å². The van der Waals surface area contributed by atoms with E-state index in [1.54, 1.807) is 12.5 Å². The average Bonchev–Trinajstić information content (AvgIpc) is 2.91. The van der Waals surface area contributed by atoms with E-state index in [-0.39, 0.29) is 30.7 Å². The van der Waals surface area contributed by atoms with E-state index in [1.807, 2.05) is 29.0 Å². The lowest BCUT2D eigenvalue weighted by atomic mass is 10.1. The molecule has 3 N–H and O–H groups in total. The highest BCUT2D eigenvalue weighted by Gasteiger charge is 2.04. The fourth-order valence-corrected chi connectivity index (χ4v) is 1.87. The largest absolute Gasteiger partial charge is 0.352 e. The molecule has 5 nitrogen and oxygen atoms in total. The highest BCUT2D eigenvalue weighted by Crippen LogP contribution is 2.10. The molecular formula is C14H20Cl2N4O. The van der Waals surface area contributed by atoms with Gasteiger partial charge in [-0.05, 0) is 11.1 Å². The Bertz CT molecular complexity index is 532. The summed E-state index contributed by atoms with van der Waals surface area (Å²) in [6.45, 7) is 1.66. The molecule has 0 spiro atoms. The van der Waals surface area contributed by atoms with Crippen molar-refractivity contribution in [1.82, 2.24) is 14.9 Å². The third-order valence-electron chi connectivity index (χ3n) is 2.88. The normalized spacial score (nSPS) is 9.38. The van der Waals surface area contributed by atoms with Gasteiger partial charge in [-0.2, -0.15) is 0 Å². The zero-order chi connectivity index (χ0) is 13.5. The minimum Gasteiger partial charge on any atom is -0.352 e. The van der Waals surface area contributed by atoms with Gasteiger partial charge in [0, 0.05) is 38.4 Å². The fourth-order valence-electron chi connectivity index (χ4n) is 1.87. The Morgan fingerprint density at radius 1 is 1.24 bits per heavy atom. The van der Waals surface area contributed by atoms with Gasteiger partial charge in [0.1, 0.15) is 0 Å². The summed E-state index contributed by atoms with van der Waals surface area (Å²) in [5, 5.41) is 2.88. The monoisotopic (exact) mass is 330 g/mol. The van der Waals surface area contributed by atoms with E-state index in [2.05, 4.69) is 16.4 Å². The number of halogens is 2. The minimum atomic E-state index is -0.0140. The molecule has 1 aromatic heterocycles. The molecule has 116 valence electrons. The van der Waals surface area contributed by atoms with E-state index < -0.39 is 0 Å². The summed E-state index contributed by atoms with van der Waals surface area (Å²) in [6, 6.07) is 8.05. The number of imidazole rings is 1. The number of nitrogens with two attached hydrogens (primary N) is 1. The van der Waals surface area contributed by atoms with Crippen LogP contribution in [-0.4, -0.2) is 22.0 Å². The summed E-state index contributed by atoms with van der Waals surface area (Å²) in [7, 11) is 0. The Balaban J connectivity index is 0.00000200. The minimum absolute atomic E-state index is 0. The van der Waals surface area contributed by atoms with Crippen molar-refractivity contribution < 1.29 is 4.79 Å². The van der Waals surface area contributed by atoms with Crippen molar-refractivity contribution in [2.45, 2.75) is 19.5 Å². The first-order valence-corrected chi connectivity index (χ1v) is 6.29. The van der Waals surface area contributed by atoms with E-state index in [4.69, 9.17) is 5.73 Å². The lowest BCUT2D eigenvalue weighted by Gasteiger charge is -2.11. The number of nitrogens with one attached hydrogen (secondary N) is 1. The molecule has 0 saturated heterocycles. The molecule has 0 fully saturated rings. The van der Waals surface area contributed by atoms with Gasteiger partial charge in [-0.1, -0.05) is 24.3 Å². The maximum atomic E-state index is 11.4. The molecule has 1 amide bonds. The van der Waals surface area contributed by atoms with E-state index in [0.29, 0.717) is 19.5 Å². The first-order valence-electron chi connectivity index (χ1n) is 6.29. The smallest absolute Gasteiger partial charge is 0.221 e. The van der Waals surface area contributed by atoms with Crippen LogP contribution < -0.4 is 11.1 Å². The zero-order valence-electron chi connectivity index (χ0n) is 11.6. The topological polar surface area (TPSA) is 72.9 Å². The van der Waals surface area contributed by atoms with Crippen LogP contribution in [0.1, 0.15) is 17.5 Å². The van der Waals surface area contributed by atoms with E-state index in [1.165, 1.54) is 5.56 Å². The summed E-state index contributed by atoms with van der Waals surface area (Å²) >= 11 is 0. The van der Waals surface area contributed by atoms with Crippen molar-refractivity contribution in [3.05, 3.63) is 54.1 Å². The molecule has 7 heteroatoms. The van der Waals surface area contributed by atoms with Gasteiger partial charge in [0.15, 0.2) is 0 Å². The van der Waals surface area contributed by atoms with Crippen molar-refractivity contribution in [2.75, 3.05) is 6.54 Å². The van der Waals surface area contributed by atoms with Gasteiger partial charge in [-0.25, -0.2) is 4.98 Å². The number of benzene rings is 1. The average molecular weight is 331 g/mol. The van der Waals surface area contributed by atoms with Gasteiger partial charge in [0.25, 0.3) is 0 Å². The summed E-state index contributed by atoms with van der Waals surface area (Å²) in [5.74, 6) is -0.0140. The van der Waals surface area contributed by atoms with E-state index >= 15 is 0 Å². The molecule has 0 saturated carbocycles. The third kappa shape index (κ3) is 6.16. The second kappa shape index (κ2) is 10.2. The van der Waals surface area contributed by atoms with Crippen LogP contribution in [0.4, 0.5) is 0 Å². The number of carbonyl (C=O) groups excluding carboxylic acids is 1. The molecule has 2 aromatic rings. The standard InChI is InChI=1S/C14H18N4O.2ClH/c15-6-5-14(19)17-9-12-3-1-2-4-13(12)10-18-8-7-16-11-18;;/h1-4,7-8,11H,5-6,9-10,15H2,(H,17,19);2*1H. The Labute approximate surface area is 136 Å². The van der Waals surface area contributed by atoms with Gasteiger partial charge < -0.3 is 15.6 Å². The molecule has 1 aromatic carbocycles. The highest BCUT2D eigenvalue weighted by atomic mass is 35.5. The Morgan fingerprint density at radius 3 is 2.57 bits per heavy atom. The highest BCUT2D eigenvalue weighted by molar-refractivity contribution is 5.85.